The maximum absolute atomic E-state index is 12.0. The Labute approximate surface area is 120 Å². The van der Waals surface area contributed by atoms with Gasteiger partial charge in [0.05, 0.1) is 10.6 Å². The molecule has 0 spiro atoms. The third-order valence-corrected chi connectivity index (χ3v) is 5.45. The Balaban J connectivity index is 2.36. The van der Waals surface area contributed by atoms with Gasteiger partial charge < -0.3 is 0 Å². The number of sulfonamides is 1. The van der Waals surface area contributed by atoms with Gasteiger partial charge in [0.1, 0.15) is 4.21 Å². The third kappa shape index (κ3) is 2.97. The molecule has 0 atom stereocenters. The maximum Gasteiger partial charge on any atom is 0.274 e. The van der Waals surface area contributed by atoms with Gasteiger partial charge in [-0.2, -0.15) is 0 Å². The molecule has 2 aromatic rings. The van der Waals surface area contributed by atoms with E-state index >= 15 is 0 Å². The number of hydrogen-bond acceptors (Lipinski definition) is 5. The molecule has 20 heavy (non-hydrogen) atoms. The number of rotatable bonds is 5. The first-order chi connectivity index (χ1) is 9.44. The fraction of sp³-hybridized carbons (Fsp3) is 0.167. The van der Waals surface area contributed by atoms with Crippen LogP contribution in [0.5, 0.6) is 0 Å². The molecule has 1 heterocycles. The van der Waals surface area contributed by atoms with E-state index < -0.39 is 14.9 Å². The molecule has 106 valence electrons. The Morgan fingerprint density at radius 1 is 1.35 bits per heavy atom. The molecular formula is C12H12N2O4S2. The Kier molecular flexibility index (Phi) is 4.05. The van der Waals surface area contributed by atoms with Crippen LogP contribution in [0, 0.1) is 10.1 Å². The number of nitrogens with zero attached hydrogens (tertiary/aromatic N) is 1. The number of anilines is 1. The van der Waals surface area contributed by atoms with Crippen LogP contribution in [0.4, 0.5) is 11.4 Å². The van der Waals surface area contributed by atoms with Crippen molar-refractivity contribution in [2.24, 2.45) is 0 Å². The minimum atomic E-state index is -3.69. The number of benzene rings is 1. The number of aryl methyl sites for hydroxylation is 1. The van der Waals surface area contributed by atoms with Gasteiger partial charge in [-0.1, -0.05) is 19.1 Å². The molecule has 0 aliphatic rings. The zero-order valence-corrected chi connectivity index (χ0v) is 12.2. The van der Waals surface area contributed by atoms with Crippen molar-refractivity contribution in [2.75, 3.05) is 4.72 Å². The van der Waals surface area contributed by atoms with Crippen LogP contribution < -0.4 is 4.72 Å². The highest BCUT2D eigenvalue weighted by atomic mass is 32.2. The average molecular weight is 312 g/mol. The van der Waals surface area contributed by atoms with Crippen LogP contribution in [0.3, 0.4) is 0 Å². The van der Waals surface area contributed by atoms with E-state index in [1.807, 2.05) is 0 Å². The number of nitro groups is 1. The van der Waals surface area contributed by atoms with Gasteiger partial charge >= 0.3 is 0 Å². The molecule has 2 rings (SSSR count). The summed E-state index contributed by atoms with van der Waals surface area (Å²) in [7, 11) is -3.69. The first kappa shape index (κ1) is 14.5. The zero-order chi connectivity index (χ0) is 14.8. The molecular weight excluding hydrogens is 300 g/mol. The predicted molar refractivity (Wildman–Crippen MR) is 77.6 cm³/mol. The topological polar surface area (TPSA) is 89.3 Å². The van der Waals surface area contributed by atoms with Crippen LogP contribution in [-0.4, -0.2) is 13.3 Å². The van der Waals surface area contributed by atoms with Crippen molar-refractivity contribution in [3.63, 3.8) is 0 Å². The maximum atomic E-state index is 12.0. The van der Waals surface area contributed by atoms with Gasteiger partial charge in [0, 0.05) is 11.6 Å². The summed E-state index contributed by atoms with van der Waals surface area (Å²) in [6.07, 6.45) is 0.508. The fourth-order valence-electron chi connectivity index (χ4n) is 1.72. The van der Waals surface area contributed by atoms with Crippen LogP contribution in [-0.2, 0) is 16.4 Å². The van der Waals surface area contributed by atoms with Crippen molar-refractivity contribution >= 4 is 32.7 Å². The SMILES string of the molecule is CCc1ccc(NS(=O)(=O)c2cccs2)cc1[N+](=O)[O-]. The molecule has 0 saturated carbocycles. The molecule has 0 radical (unpaired) electrons. The molecule has 0 aliphatic heterocycles. The summed E-state index contributed by atoms with van der Waals surface area (Å²) in [5.74, 6) is 0. The summed E-state index contributed by atoms with van der Waals surface area (Å²) in [6.45, 7) is 1.80. The lowest BCUT2D eigenvalue weighted by atomic mass is 10.1. The largest absolute Gasteiger partial charge is 0.279 e. The highest BCUT2D eigenvalue weighted by molar-refractivity contribution is 7.94. The molecule has 0 unspecified atom stereocenters. The van der Waals surface area contributed by atoms with E-state index in [9.17, 15) is 18.5 Å². The lowest BCUT2D eigenvalue weighted by molar-refractivity contribution is -0.385. The molecule has 6 nitrogen and oxygen atoms in total. The van der Waals surface area contributed by atoms with Gasteiger partial charge in [-0.25, -0.2) is 8.42 Å². The quantitative estimate of drug-likeness (QED) is 0.679. The van der Waals surface area contributed by atoms with Gasteiger partial charge in [-0.05, 0) is 23.9 Å². The predicted octanol–water partition coefficient (Wildman–Crippen LogP) is 3.02. The molecule has 8 heteroatoms. The number of nitro benzene ring substituents is 1. The summed E-state index contributed by atoms with van der Waals surface area (Å²) < 4.78 is 26.6. The van der Waals surface area contributed by atoms with E-state index in [4.69, 9.17) is 0 Å². The van der Waals surface area contributed by atoms with Crippen molar-refractivity contribution in [1.29, 1.82) is 0 Å². The molecule has 0 fully saturated rings. The van der Waals surface area contributed by atoms with E-state index in [1.165, 1.54) is 18.2 Å². The highest BCUT2D eigenvalue weighted by Crippen LogP contribution is 2.26. The van der Waals surface area contributed by atoms with Crippen molar-refractivity contribution in [2.45, 2.75) is 17.6 Å². The van der Waals surface area contributed by atoms with E-state index in [0.717, 1.165) is 11.3 Å². The minimum absolute atomic E-state index is 0.0844. The average Bonchev–Trinajstić information content (AvgIpc) is 2.92. The lowest BCUT2D eigenvalue weighted by Crippen LogP contribution is -2.11. The lowest BCUT2D eigenvalue weighted by Gasteiger charge is -2.07. The Morgan fingerprint density at radius 3 is 2.65 bits per heavy atom. The van der Waals surface area contributed by atoms with Crippen LogP contribution in [0.15, 0.2) is 39.9 Å². The smallest absolute Gasteiger partial charge is 0.274 e. The third-order valence-electron chi connectivity index (χ3n) is 2.68. The van der Waals surface area contributed by atoms with E-state index in [2.05, 4.69) is 4.72 Å². The number of hydrogen-bond donors (Lipinski definition) is 1. The van der Waals surface area contributed by atoms with Gasteiger partial charge in [-0.15, -0.1) is 11.3 Å². The second kappa shape index (κ2) is 5.59. The van der Waals surface area contributed by atoms with Crippen LogP contribution in [0.2, 0.25) is 0 Å². The van der Waals surface area contributed by atoms with Crippen molar-refractivity contribution < 1.29 is 13.3 Å². The second-order valence-electron chi connectivity index (χ2n) is 3.99. The van der Waals surface area contributed by atoms with Crippen LogP contribution >= 0.6 is 11.3 Å². The second-order valence-corrected chi connectivity index (χ2v) is 6.85. The van der Waals surface area contributed by atoms with E-state index in [-0.39, 0.29) is 15.6 Å². The Bertz CT molecular complexity index is 724. The Hall–Kier alpha value is -1.93. The standard InChI is InChI=1S/C12H12N2O4S2/c1-2-9-5-6-10(8-11(9)14(15)16)13-20(17,18)12-4-3-7-19-12/h3-8,13H,2H2,1H3. The van der Waals surface area contributed by atoms with Crippen molar-refractivity contribution in [3.8, 4) is 0 Å². The molecule has 1 aromatic heterocycles. The summed E-state index contributed by atoms with van der Waals surface area (Å²) in [5, 5.41) is 12.6. The minimum Gasteiger partial charge on any atom is -0.279 e. The van der Waals surface area contributed by atoms with E-state index in [0.29, 0.717) is 12.0 Å². The van der Waals surface area contributed by atoms with Crippen molar-refractivity contribution in [1.82, 2.24) is 0 Å². The number of thiophene rings is 1. The molecule has 0 saturated heterocycles. The first-order valence-corrected chi connectivity index (χ1v) is 8.14. The van der Waals surface area contributed by atoms with Gasteiger partial charge in [0.2, 0.25) is 0 Å². The highest BCUT2D eigenvalue weighted by Gasteiger charge is 2.18. The Morgan fingerprint density at radius 2 is 2.10 bits per heavy atom. The zero-order valence-electron chi connectivity index (χ0n) is 10.6. The van der Waals surface area contributed by atoms with Gasteiger partial charge in [0.15, 0.2) is 0 Å². The van der Waals surface area contributed by atoms with Crippen LogP contribution in [0.25, 0.3) is 0 Å². The molecule has 1 N–H and O–H groups in total. The summed E-state index contributed by atoms with van der Waals surface area (Å²) in [6, 6.07) is 7.43. The normalized spacial score (nSPS) is 11.2. The van der Waals surface area contributed by atoms with Crippen LogP contribution in [0.1, 0.15) is 12.5 Å². The summed E-state index contributed by atoms with van der Waals surface area (Å²) >= 11 is 1.08. The number of nitrogens with one attached hydrogen (secondary N) is 1. The molecule has 0 aliphatic carbocycles. The van der Waals surface area contributed by atoms with Crippen molar-refractivity contribution in [3.05, 3.63) is 51.4 Å². The monoisotopic (exact) mass is 312 g/mol. The molecule has 1 aromatic carbocycles. The summed E-state index contributed by atoms with van der Waals surface area (Å²) in [5.41, 5.74) is 0.662. The van der Waals surface area contributed by atoms with Gasteiger partial charge in [-0.3, -0.25) is 14.8 Å². The first-order valence-electron chi connectivity index (χ1n) is 5.77. The summed E-state index contributed by atoms with van der Waals surface area (Å²) in [4.78, 5) is 10.4. The van der Waals surface area contributed by atoms with E-state index in [1.54, 1.807) is 24.4 Å². The fourth-order valence-corrected chi connectivity index (χ4v) is 3.76. The molecule has 0 bridgehead atoms. The van der Waals surface area contributed by atoms with Gasteiger partial charge in [0.25, 0.3) is 15.7 Å². The molecule has 0 amide bonds.